The topological polar surface area (TPSA) is 33.3 Å². The number of methoxy groups -OCH3 is 1. The lowest BCUT2D eigenvalue weighted by atomic mass is 9.98. The molecule has 2 N–H and O–H groups in total. The third-order valence-corrected chi connectivity index (χ3v) is 3.96. The molecule has 2 unspecified atom stereocenters. The fourth-order valence-electron chi connectivity index (χ4n) is 2.74. The van der Waals surface area contributed by atoms with E-state index < -0.39 is 0 Å². The van der Waals surface area contributed by atoms with Gasteiger partial charge in [-0.05, 0) is 58.3 Å². The quantitative estimate of drug-likeness (QED) is 0.856. The van der Waals surface area contributed by atoms with Gasteiger partial charge < -0.3 is 15.4 Å². The Morgan fingerprint density at radius 1 is 1.47 bits per heavy atom. The highest BCUT2D eigenvalue weighted by Crippen LogP contribution is 2.26. The summed E-state index contributed by atoms with van der Waals surface area (Å²) in [5.41, 5.74) is 2.54. The van der Waals surface area contributed by atoms with Gasteiger partial charge in [0.15, 0.2) is 0 Å². The molecule has 1 saturated heterocycles. The third-order valence-electron chi connectivity index (χ3n) is 3.96. The highest BCUT2D eigenvalue weighted by Gasteiger charge is 2.16. The van der Waals surface area contributed by atoms with Gasteiger partial charge in [0.1, 0.15) is 5.75 Å². The van der Waals surface area contributed by atoms with Gasteiger partial charge in [0.05, 0.1) is 7.11 Å². The molecule has 1 heterocycles. The van der Waals surface area contributed by atoms with Crippen molar-refractivity contribution in [2.24, 2.45) is 5.92 Å². The van der Waals surface area contributed by atoms with Gasteiger partial charge in [-0.2, -0.15) is 0 Å². The van der Waals surface area contributed by atoms with Crippen LogP contribution in [0.15, 0.2) is 18.2 Å². The van der Waals surface area contributed by atoms with Crippen LogP contribution in [0.4, 0.5) is 0 Å². The summed E-state index contributed by atoms with van der Waals surface area (Å²) < 4.78 is 5.46. The second-order valence-corrected chi connectivity index (χ2v) is 5.59. The summed E-state index contributed by atoms with van der Waals surface area (Å²) in [5, 5.41) is 7.12. The van der Waals surface area contributed by atoms with Crippen LogP contribution in [0.2, 0.25) is 0 Å². The average Bonchev–Trinajstić information content (AvgIpc) is 2.46. The summed E-state index contributed by atoms with van der Waals surface area (Å²) >= 11 is 0. The third kappa shape index (κ3) is 3.95. The smallest absolute Gasteiger partial charge is 0.123 e. The van der Waals surface area contributed by atoms with Crippen LogP contribution in [0, 0.1) is 12.8 Å². The molecule has 2 atom stereocenters. The molecule has 1 aliphatic heterocycles. The van der Waals surface area contributed by atoms with Gasteiger partial charge in [0, 0.05) is 11.6 Å². The maximum absolute atomic E-state index is 5.46. The van der Waals surface area contributed by atoms with Crippen molar-refractivity contribution in [3.05, 3.63) is 29.3 Å². The zero-order chi connectivity index (χ0) is 13.7. The molecule has 0 saturated carbocycles. The Labute approximate surface area is 116 Å². The van der Waals surface area contributed by atoms with Crippen LogP contribution in [0.3, 0.4) is 0 Å². The zero-order valence-electron chi connectivity index (χ0n) is 12.3. The molecule has 0 radical (unpaired) electrons. The monoisotopic (exact) mass is 262 g/mol. The Hall–Kier alpha value is -1.06. The van der Waals surface area contributed by atoms with Crippen LogP contribution in [0.5, 0.6) is 5.75 Å². The maximum Gasteiger partial charge on any atom is 0.123 e. The van der Waals surface area contributed by atoms with E-state index in [4.69, 9.17) is 4.74 Å². The predicted molar refractivity (Wildman–Crippen MR) is 79.7 cm³/mol. The molecular formula is C16H26N2O. The fraction of sp³-hybridized carbons (Fsp3) is 0.625. The number of aryl methyl sites for hydroxylation is 1. The number of nitrogens with one attached hydrogen (secondary N) is 2. The lowest BCUT2D eigenvalue weighted by Gasteiger charge is -2.25. The van der Waals surface area contributed by atoms with Gasteiger partial charge in [-0.1, -0.05) is 17.7 Å². The van der Waals surface area contributed by atoms with Crippen LogP contribution in [-0.2, 0) is 0 Å². The van der Waals surface area contributed by atoms with Gasteiger partial charge in [0.2, 0.25) is 0 Å². The second-order valence-electron chi connectivity index (χ2n) is 5.59. The molecular weight excluding hydrogens is 236 g/mol. The van der Waals surface area contributed by atoms with E-state index >= 15 is 0 Å². The first-order chi connectivity index (χ1) is 9.20. The van der Waals surface area contributed by atoms with Gasteiger partial charge in [-0.3, -0.25) is 0 Å². The SMILES string of the molecule is COc1ccc(C)cc1C(C)NCC1CCCNC1. The van der Waals surface area contributed by atoms with Gasteiger partial charge in [0.25, 0.3) is 0 Å². The molecule has 1 aromatic carbocycles. The minimum absolute atomic E-state index is 0.330. The number of ether oxygens (including phenoxy) is 1. The average molecular weight is 262 g/mol. The lowest BCUT2D eigenvalue weighted by Crippen LogP contribution is -2.36. The van der Waals surface area contributed by atoms with E-state index in [0.717, 1.165) is 24.8 Å². The molecule has 1 aromatic rings. The summed E-state index contributed by atoms with van der Waals surface area (Å²) in [7, 11) is 1.74. The second kappa shape index (κ2) is 6.92. The molecule has 3 heteroatoms. The number of rotatable bonds is 5. The predicted octanol–water partition coefficient (Wildman–Crippen LogP) is 2.65. The number of hydrogen-bond donors (Lipinski definition) is 2. The molecule has 0 bridgehead atoms. The van der Waals surface area contributed by atoms with Crippen molar-refractivity contribution in [1.29, 1.82) is 0 Å². The van der Waals surface area contributed by atoms with E-state index in [0.29, 0.717) is 6.04 Å². The van der Waals surface area contributed by atoms with Crippen LogP contribution in [-0.4, -0.2) is 26.7 Å². The van der Waals surface area contributed by atoms with Crippen LogP contribution in [0.1, 0.15) is 36.9 Å². The van der Waals surface area contributed by atoms with Crippen molar-refractivity contribution >= 4 is 0 Å². The first-order valence-electron chi connectivity index (χ1n) is 7.29. The van der Waals surface area contributed by atoms with Crippen LogP contribution >= 0.6 is 0 Å². The minimum atomic E-state index is 0.330. The molecule has 0 aliphatic carbocycles. The largest absolute Gasteiger partial charge is 0.496 e. The minimum Gasteiger partial charge on any atom is -0.496 e. The Bertz CT molecular complexity index is 400. The number of hydrogen-bond acceptors (Lipinski definition) is 3. The Morgan fingerprint density at radius 2 is 2.32 bits per heavy atom. The summed E-state index contributed by atoms with van der Waals surface area (Å²) in [6, 6.07) is 6.71. The lowest BCUT2D eigenvalue weighted by molar-refractivity contribution is 0.344. The Balaban J connectivity index is 1.94. The van der Waals surface area contributed by atoms with Crippen molar-refractivity contribution in [1.82, 2.24) is 10.6 Å². The van der Waals surface area contributed by atoms with Crippen molar-refractivity contribution in [3.63, 3.8) is 0 Å². The van der Waals surface area contributed by atoms with Gasteiger partial charge in [-0.15, -0.1) is 0 Å². The Morgan fingerprint density at radius 3 is 3.00 bits per heavy atom. The standard InChI is InChI=1S/C16H26N2O/c1-12-6-7-16(19-3)15(9-12)13(2)18-11-14-5-4-8-17-10-14/h6-7,9,13-14,17-18H,4-5,8,10-11H2,1-3H3. The normalized spacial score (nSPS) is 21.1. The molecule has 0 aromatic heterocycles. The van der Waals surface area contributed by atoms with E-state index in [9.17, 15) is 0 Å². The molecule has 0 spiro atoms. The highest BCUT2D eigenvalue weighted by atomic mass is 16.5. The number of piperidine rings is 1. The van der Waals surface area contributed by atoms with E-state index in [2.05, 4.69) is 42.7 Å². The highest BCUT2D eigenvalue weighted by molar-refractivity contribution is 5.38. The summed E-state index contributed by atoms with van der Waals surface area (Å²) in [4.78, 5) is 0. The first kappa shape index (κ1) is 14.4. The molecule has 2 rings (SSSR count). The molecule has 3 nitrogen and oxygen atoms in total. The molecule has 19 heavy (non-hydrogen) atoms. The van der Waals surface area contributed by atoms with E-state index in [1.807, 2.05) is 0 Å². The van der Waals surface area contributed by atoms with Crippen LogP contribution < -0.4 is 15.4 Å². The van der Waals surface area contributed by atoms with Gasteiger partial charge >= 0.3 is 0 Å². The Kier molecular flexibility index (Phi) is 5.23. The van der Waals surface area contributed by atoms with Crippen molar-refractivity contribution in [2.45, 2.75) is 32.7 Å². The maximum atomic E-state index is 5.46. The molecule has 1 fully saturated rings. The fourth-order valence-corrected chi connectivity index (χ4v) is 2.74. The number of benzene rings is 1. The summed E-state index contributed by atoms with van der Waals surface area (Å²) in [6.07, 6.45) is 2.63. The first-order valence-corrected chi connectivity index (χ1v) is 7.29. The summed E-state index contributed by atoms with van der Waals surface area (Å²) in [6.45, 7) is 7.74. The van der Waals surface area contributed by atoms with Crippen molar-refractivity contribution in [2.75, 3.05) is 26.7 Å². The van der Waals surface area contributed by atoms with Crippen molar-refractivity contribution < 1.29 is 4.74 Å². The van der Waals surface area contributed by atoms with Gasteiger partial charge in [-0.25, -0.2) is 0 Å². The van der Waals surface area contributed by atoms with E-state index in [-0.39, 0.29) is 0 Å². The summed E-state index contributed by atoms with van der Waals surface area (Å²) in [5.74, 6) is 1.74. The molecule has 0 amide bonds. The molecule has 1 aliphatic rings. The van der Waals surface area contributed by atoms with E-state index in [1.54, 1.807) is 7.11 Å². The zero-order valence-corrected chi connectivity index (χ0v) is 12.3. The van der Waals surface area contributed by atoms with Crippen LogP contribution in [0.25, 0.3) is 0 Å². The van der Waals surface area contributed by atoms with E-state index in [1.165, 1.54) is 30.5 Å². The molecule has 106 valence electrons. The van der Waals surface area contributed by atoms with Crippen molar-refractivity contribution in [3.8, 4) is 5.75 Å².